The van der Waals surface area contributed by atoms with Crippen LogP contribution in [-0.4, -0.2) is 26.4 Å². The number of halogens is 1. The highest BCUT2D eigenvalue weighted by atomic mass is 19.1. The molecule has 21 heavy (non-hydrogen) atoms. The van der Waals surface area contributed by atoms with E-state index < -0.39 is 0 Å². The van der Waals surface area contributed by atoms with Crippen LogP contribution in [0.15, 0.2) is 18.2 Å². The summed E-state index contributed by atoms with van der Waals surface area (Å²) in [5.41, 5.74) is 0.928. The van der Waals surface area contributed by atoms with Gasteiger partial charge in [-0.05, 0) is 43.4 Å². The Labute approximate surface area is 126 Å². The van der Waals surface area contributed by atoms with E-state index in [0.717, 1.165) is 24.9 Å². The van der Waals surface area contributed by atoms with Crippen molar-refractivity contribution in [3.8, 4) is 5.75 Å². The van der Waals surface area contributed by atoms with Crippen molar-refractivity contribution in [2.45, 2.75) is 51.2 Å². The molecule has 0 saturated heterocycles. The first-order chi connectivity index (χ1) is 10.3. The van der Waals surface area contributed by atoms with E-state index in [2.05, 4.69) is 5.32 Å². The molecule has 118 valence electrons. The summed E-state index contributed by atoms with van der Waals surface area (Å²) in [5.74, 6) is 0.132. The Balaban J connectivity index is 1.86. The zero-order valence-corrected chi connectivity index (χ0v) is 12.9. The molecule has 1 aromatic carbocycles. The first-order valence-electron chi connectivity index (χ1n) is 7.94. The summed E-state index contributed by atoms with van der Waals surface area (Å²) in [7, 11) is 1.67. The maximum absolute atomic E-state index is 14.1. The number of ether oxygens (including phenoxy) is 2. The van der Waals surface area contributed by atoms with Crippen LogP contribution in [0.4, 0.5) is 4.39 Å². The number of benzene rings is 1. The molecule has 1 saturated carbocycles. The minimum atomic E-state index is -0.259. The fourth-order valence-corrected chi connectivity index (χ4v) is 2.70. The molecule has 0 heterocycles. The van der Waals surface area contributed by atoms with Gasteiger partial charge in [0.15, 0.2) is 11.6 Å². The topological polar surface area (TPSA) is 30.5 Å². The van der Waals surface area contributed by atoms with Gasteiger partial charge in [-0.1, -0.05) is 18.9 Å². The third kappa shape index (κ3) is 5.64. The van der Waals surface area contributed by atoms with Crippen LogP contribution in [0.25, 0.3) is 0 Å². The molecule has 4 heteroatoms. The first kappa shape index (κ1) is 16.2. The van der Waals surface area contributed by atoms with Crippen molar-refractivity contribution < 1.29 is 13.9 Å². The van der Waals surface area contributed by atoms with Crippen molar-refractivity contribution in [1.29, 1.82) is 0 Å². The number of hydrogen-bond acceptors (Lipinski definition) is 3. The minimum Gasteiger partial charge on any atom is -0.487 e. The van der Waals surface area contributed by atoms with E-state index in [9.17, 15) is 4.39 Å². The standard InChI is InChI=1S/C17H26FNO2/c1-20-11-10-19-13-14-8-9-17(16(18)12-14)21-15-6-4-2-3-5-7-15/h8-9,12,15,19H,2-7,10-11,13H2,1H3. The van der Waals surface area contributed by atoms with E-state index in [0.29, 0.717) is 18.9 Å². The van der Waals surface area contributed by atoms with Gasteiger partial charge in [0.2, 0.25) is 0 Å². The van der Waals surface area contributed by atoms with Gasteiger partial charge in [0.05, 0.1) is 12.7 Å². The molecule has 0 amide bonds. The van der Waals surface area contributed by atoms with Crippen LogP contribution in [0, 0.1) is 5.82 Å². The molecule has 0 aliphatic heterocycles. The summed E-state index contributed by atoms with van der Waals surface area (Å²) in [4.78, 5) is 0. The van der Waals surface area contributed by atoms with Gasteiger partial charge < -0.3 is 14.8 Å². The van der Waals surface area contributed by atoms with Crippen LogP contribution in [0.2, 0.25) is 0 Å². The second kappa shape index (κ2) is 9.00. The summed E-state index contributed by atoms with van der Waals surface area (Å²) >= 11 is 0. The third-order valence-electron chi connectivity index (χ3n) is 3.90. The van der Waals surface area contributed by atoms with Crippen molar-refractivity contribution in [2.75, 3.05) is 20.3 Å². The van der Waals surface area contributed by atoms with Crippen LogP contribution >= 0.6 is 0 Å². The van der Waals surface area contributed by atoms with E-state index in [1.807, 2.05) is 6.07 Å². The highest BCUT2D eigenvalue weighted by Crippen LogP contribution is 2.25. The summed E-state index contributed by atoms with van der Waals surface area (Å²) < 4.78 is 24.9. The van der Waals surface area contributed by atoms with Gasteiger partial charge in [0.25, 0.3) is 0 Å². The van der Waals surface area contributed by atoms with Crippen LogP contribution in [0.1, 0.15) is 44.1 Å². The molecule has 0 atom stereocenters. The van der Waals surface area contributed by atoms with Crippen molar-refractivity contribution in [3.63, 3.8) is 0 Å². The van der Waals surface area contributed by atoms with Gasteiger partial charge in [0, 0.05) is 20.2 Å². The van der Waals surface area contributed by atoms with E-state index in [1.165, 1.54) is 25.7 Å². The van der Waals surface area contributed by atoms with Crippen molar-refractivity contribution >= 4 is 0 Å². The van der Waals surface area contributed by atoms with Gasteiger partial charge in [-0.25, -0.2) is 4.39 Å². The molecule has 0 spiro atoms. The van der Waals surface area contributed by atoms with Crippen LogP contribution < -0.4 is 10.1 Å². The number of hydrogen-bond donors (Lipinski definition) is 1. The van der Waals surface area contributed by atoms with Gasteiger partial charge in [-0.15, -0.1) is 0 Å². The highest BCUT2D eigenvalue weighted by Gasteiger charge is 2.15. The summed E-state index contributed by atoms with van der Waals surface area (Å²) in [5, 5.41) is 3.21. The fourth-order valence-electron chi connectivity index (χ4n) is 2.70. The second-order valence-corrected chi connectivity index (χ2v) is 5.67. The van der Waals surface area contributed by atoms with Gasteiger partial charge in [-0.2, -0.15) is 0 Å². The zero-order valence-electron chi connectivity index (χ0n) is 12.9. The second-order valence-electron chi connectivity index (χ2n) is 5.67. The van der Waals surface area contributed by atoms with Gasteiger partial charge in [0.1, 0.15) is 0 Å². The molecule has 1 aliphatic rings. The smallest absolute Gasteiger partial charge is 0.165 e. The lowest BCUT2D eigenvalue weighted by molar-refractivity contribution is 0.176. The first-order valence-corrected chi connectivity index (χ1v) is 7.94. The Hall–Kier alpha value is -1.13. The normalized spacial score (nSPS) is 16.7. The lowest BCUT2D eigenvalue weighted by atomic mass is 10.1. The van der Waals surface area contributed by atoms with Crippen LogP contribution in [-0.2, 0) is 11.3 Å². The van der Waals surface area contributed by atoms with Crippen LogP contribution in [0.5, 0.6) is 5.75 Å². The Morgan fingerprint density at radius 2 is 1.95 bits per heavy atom. The van der Waals surface area contributed by atoms with Crippen molar-refractivity contribution in [2.24, 2.45) is 0 Å². The van der Waals surface area contributed by atoms with E-state index in [-0.39, 0.29) is 11.9 Å². The monoisotopic (exact) mass is 295 g/mol. The molecule has 1 aromatic rings. The zero-order chi connectivity index (χ0) is 14.9. The largest absolute Gasteiger partial charge is 0.487 e. The van der Waals surface area contributed by atoms with Crippen LogP contribution in [0.3, 0.4) is 0 Å². The molecular formula is C17H26FNO2. The van der Waals surface area contributed by atoms with Gasteiger partial charge in [-0.3, -0.25) is 0 Å². The van der Waals surface area contributed by atoms with E-state index in [1.54, 1.807) is 19.2 Å². The molecule has 1 aliphatic carbocycles. The fraction of sp³-hybridized carbons (Fsp3) is 0.647. The summed E-state index contributed by atoms with van der Waals surface area (Å²) in [6, 6.07) is 5.24. The molecule has 0 bridgehead atoms. The quantitative estimate of drug-likeness (QED) is 0.615. The average molecular weight is 295 g/mol. The molecule has 0 radical (unpaired) electrons. The Morgan fingerprint density at radius 3 is 2.62 bits per heavy atom. The maximum Gasteiger partial charge on any atom is 0.165 e. The molecular weight excluding hydrogens is 269 g/mol. The molecule has 2 rings (SSSR count). The highest BCUT2D eigenvalue weighted by molar-refractivity contribution is 5.29. The molecule has 0 unspecified atom stereocenters. The lowest BCUT2D eigenvalue weighted by Crippen LogP contribution is -2.19. The molecule has 1 fully saturated rings. The maximum atomic E-state index is 14.1. The van der Waals surface area contributed by atoms with Gasteiger partial charge >= 0.3 is 0 Å². The lowest BCUT2D eigenvalue weighted by Gasteiger charge is -2.17. The number of nitrogens with one attached hydrogen (secondary N) is 1. The molecule has 0 aromatic heterocycles. The van der Waals surface area contributed by atoms with Crippen molar-refractivity contribution in [3.05, 3.63) is 29.6 Å². The summed E-state index contributed by atoms with van der Waals surface area (Å²) in [6.07, 6.45) is 7.18. The molecule has 1 N–H and O–H groups in total. The van der Waals surface area contributed by atoms with E-state index >= 15 is 0 Å². The number of rotatable bonds is 7. The summed E-state index contributed by atoms with van der Waals surface area (Å²) in [6.45, 7) is 2.06. The van der Waals surface area contributed by atoms with E-state index in [4.69, 9.17) is 9.47 Å². The minimum absolute atomic E-state index is 0.174. The number of methoxy groups -OCH3 is 1. The predicted octanol–water partition coefficient (Wildman–Crippen LogP) is 3.66. The third-order valence-corrected chi connectivity index (χ3v) is 3.90. The van der Waals surface area contributed by atoms with Crippen molar-refractivity contribution in [1.82, 2.24) is 5.32 Å². The Kier molecular flexibility index (Phi) is 6.96. The SMILES string of the molecule is COCCNCc1ccc(OC2CCCCCC2)c(F)c1. The molecule has 3 nitrogen and oxygen atoms in total. The predicted molar refractivity (Wildman–Crippen MR) is 82.1 cm³/mol. The Morgan fingerprint density at radius 1 is 1.19 bits per heavy atom. The average Bonchev–Trinajstić information content (AvgIpc) is 2.75. The Bertz CT molecular complexity index is 417.